The number of carbonyl (C=O) groups excluding carboxylic acids is 3. The Labute approximate surface area is 339 Å². The summed E-state index contributed by atoms with van der Waals surface area (Å²) in [6, 6.07) is 17.8. The van der Waals surface area contributed by atoms with Gasteiger partial charge < -0.3 is 19.1 Å². The molecular weight excluding hydrogens is 766 g/mol. The van der Waals surface area contributed by atoms with Crippen molar-refractivity contribution in [3.05, 3.63) is 93.5 Å². The average Bonchev–Trinajstić information content (AvgIpc) is 3.34. The first-order valence-corrected chi connectivity index (χ1v) is 22.4. The molecule has 3 amide bonds. The number of imide groups is 1. The number of hydrogen-bond donors (Lipinski definition) is 1. The van der Waals surface area contributed by atoms with E-state index in [4.69, 9.17) is 25.8 Å². The standard InChI is InChI=1S/C44H50ClN3O8S/c1-26-7-5-11-36(43-54-22-32(23-55-43)48-41(50)34-9-3-4-10-35(34)42(48)51)33-15-12-30(33)21-47-24-44(18-6-8-28-19-31(45)14-16-37(28)44)25-56-39-17-13-29(20-38(39)47)40(49)46-57(52,53)27(26)2/h3-4,9-10,13-14,16-17,19-20,26-27,30,32-33,36,43H,5-8,11-12,15,18,21-25H2,1-2H3,(H,46,49)/t26?,27-,30+,32?,33-,36+,43?,44+/m1/s1. The molecule has 1 N–H and O–H groups in total. The maximum absolute atomic E-state index is 13.7. The van der Waals surface area contributed by atoms with Crippen LogP contribution in [0.4, 0.5) is 5.69 Å². The fraction of sp³-hybridized carbons (Fsp3) is 0.523. The van der Waals surface area contributed by atoms with E-state index in [2.05, 4.69) is 21.8 Å². The number of nitrogens with zero attached hydrogens (tertiary/aromatic N) is 2. The van der Waals surface area contributed by atoms with E-state index in [1.54, 1.807) is 49.4 Å². The van der Waals surface area contributed by atoms with Crippen LogP contribution in [0, 0.1) is 23.7 Å². The van der Waals surface area contributed by atoms with Gasteiger partial charge in [0, 0.05) is 35.0 Å². The first-order valence-electron chi connectivity index (χ1n) is 20.5. The van der Waals surface area contributed by atoms with E-state index >= 15 is 0 Å². The van der Waals surface area contributed by atoms with Gasteiger partial charge in [-0.1, -0.05) is 43.1 Å². The van der Waals surface area contributed by atoms with Gasteiger partial charge in [0.05, 0.1) is 47.9 Å². The van der Waals surface area contributed by atoms with Crippen LogP contribution in [0.5, 0.6) is 5.75 Å². The number of benzene rings is 3. The van der Waals surface area contributed by atoms with Crippen molar-refractivity contribution in [3.63, 3.8) is 0 Å². The van der Waals surface area contributed by atoms with Gasteiger partial charge in [-0.25, -0.2) is 13.1 Å². The normalized spacial score (nSPS) is 32.6. The van der Waals surface area contributed by atoms with E-state index in [1.165, 1.54) is 16.0 Å². The summed E-state index contributed by atoms with van der Waals surface area (Å²) in [5.74, 6) is -0.287. The molecule has 57 heavy (non-hydrogen) atoms. The number of fused-ring (bicyclic) bond motifs is 5. The number of halogens is 1. The number of aryl methyl sites for hydroxylation is 1. The van der Waals surface area contributed by atoms with Gasteiger partial charge in [0.1, 0.15) is 5.75 Å². The van der Waals surface area contributed by atoms with Crippen LogP contribution in [0.2, 0.25) is 5.02 Å². The topological polar surface area (TPSA) is 132 Å². The summed E-state index contributed by atoms with van der Waals surface area (Å²) in [7, 11) is -3.99. The van der Waals surface area contributed by atoms with Gasteiger partial charge in [-0.2, -0.15) is 0 Å². The molecule has 4 aliphatic heterocycles. The van der Waals surface area contributed by atoms with Crippen molar-refractivity contribution in [2.75, 3.05) is 37.8 Å². The third-order valence-corrected chi connectivity index (χ3v) is 16.1. The van der Waals surface area contributed by atoms with Crippen molar-refractivity contribution in [2.24, 2.45) is 23.7 Å². The van der Waals surface area contributed by atoms with Crippen LogP contribution in [0.3, 0.4) is 0 Å². The Morgan fingerprint density at radius 3 is 2.33 bits per heavy atom. The molecule has 2 fully saturated rings. The molecule has 2 bridgehead atoms. The molecular formula is C44H50ClN3O8S. The molecule has 11 nitrogen and oxygen atoms in total. The molecule has 0 radical (unpaired) electrons. The number of amides is 3. The second kappa shape index (κ2) is 15.0. The highest BCUT2D eigenvalue weighted by atomic mass is 35.5. The van der Waals surface area contributed by atoms with Gasteiger partial charge >= 0.3 is 0 Å². The number of sulfonamides is 1. The SMILES string of the molecule is CC1CCC[C@H](C2OCC(N3C(=O)c4ccccc4C3=O)CO2)[C@@H]2CC[C@H]2CN2C[C@@]3(CCCc4cc(Cl)ccc43)COc3ccc(cc32)C(=O)NS(=O)(=O)[C@@H]1C. The van der Waals surface area contributed by atoms with Crippen LogP contribution in [-0.2, 0) is 31.3 Å². The van der Waals surface area contributed by atoms with Crippen molar-refractivity contribution in [2.45, 2.75) is 88.2 Å². The summed E-state index contributed by atoms with van der Waals surface area (Å²) in [4.78, 5) is 43.9. The number of ether oxygens (including phenoxy) is 3. The molecule has 3 aromatic carbocycles. The van der Waals surface area contributed by atoms with Gasteiger partial charge in [0.15, 0.2) is 6.29 Å². The average molecular weight is 816 g/mol. The smallest absolute Gasteiger partial charge is 0.264 e. The van der Waals surface area contributed by atoms with Gasteiger partial charge in [0.25, 0.3) is 17.7 Å². The summed E-state index contributed by atoms with van der Waals surface area (Å²) in [5, 5.41) is -0.0826. The minimum Gasteiger partial charge on any atom is -0.490 e. The van der Waals surface area contributed by atoms with Crippen molar-refractivity contribution >= 4 is 45.0 Å². The Morgan fingerprint density at radius 1 is 0.860 bits per heavy atom. The van der Waals surface area contributed by atoms with E-state index in [1.807, 2.05) is 13.0 Å². The number of hydrogen-bond acceptors (Lipinski definition) is 9. The summed E-state index contributed by atoms with van der Waals surface area (Å²) in [5.41, 5.74) is 4.01. The highest BCUT2D eigenvalue weighted by molar-refractivity contribution is 7.90. The lowest BCUT2D eigenvalue weighted by atomic mass is 9.64. The van der Waals surface area contributed by atoms with Crippen LogP contribution in [0.1, 0.15) is 101 Å². The summed E-state index contributed by atoms with van der Waals surface area (Å²) in [6.07, 6.45) is 6.50. The zero-order valence-electron chi connectivity index (χ0n) is 32.5. The predicted octanol–water partition coefficient (Wildman–Crippen LogP) is 6.76. The molecule has 3 aromatic rings. The quantitative estimate of drug-likeness (QED) is 0.279. The van der Waals surface area contributed by atoms with Crippen molar-refractivity contribution in [1.29, 1.82) is 0 Å². The Hall–Kier alpha value is -3.97. The van der Waals surface area contributed by atoms with Crippen LogP contribution in [0.25, 0.3) is 0 Å². The lowest BCUT2D eigenvalue weighted by Crippen LogP contribution is -2.54. The van der Waals surface area contributed by atoms with Crippen LogP contribution >= 0.6 is 11.6 Å². The molecule has 0 aromatic heterocycles. The molecule has 1 unspecified atom stereocenters. The minimum atomic E-state index is -3.99. The second-order valence-corrected chi connectivity index (χ2v) is 19.7. The van der Waals surface area contributed by atoms with E-state index in [9.17, 15) is 22.8 Å². The van der Waals surface area contributed by atoms with Crippen LogP contribution < -0.4 is 14.4 Å². The van der Waals surface area contributed by atoms with Gasteiger partial charge in [0.2, 0.25) is 10.0 Å². The van der Waals surface area contributed by atoms with E-state index in [0.29, 0.717) is 48.0 Å². The lowest BCUT2D eigenvalue weighted by Gasteiger charge is -2.49. The Morgan fingerprint density at radius 2 is 1.61 bits per heavy atom. The third-order valence-electron chi connectivity index (χ3n) is 13.9. The first kappa shape index (κ1) is 38.5. The molecule has 6 atom stereocenters. The molecule has 1 saturated heterocycles. The zero-order valence-corrected chi connectivity index (χ0v) is 34.0. The van der Waals surface area contributed by atoms with Crippen molar-refractivity contribution in [1.82, 2.24) is 9.62 Å². The molecule has 9 rings (SSSR count). The summed E-state index contributed by atoms with van der Waals surface area (Å²) in [6.45, 7) is 5.79. The first-order chi connectivity index (χ1) is 27.4. The van der Waals surface area contributed by atoms with E-state index < -0.39 is 33.5 Å². The monoisotopic (exact) mass is 815 g/mol. The fourth-order valence-electron chi connectivity index (χ4n) is 10.4. The molecule has 1 spiro atoms. The Balaban J connectivity index is 1.03. The van der Waals surface area contributed by atoms with Crippen LogP contribution in [0.15, 0.2) is 60.7 Å². The highest BCUT2D eigenvalue weighted by Crippen LogP contribution is 2.49. The van der Waals surface area contributed by atoms with Crippen molar-refractivity contribution in [3.8, 4) is 5.75 Å². The molecule has 302 valence electrons. The molecule has 13 heteroatoms. The largest absolute Gasteiger partial charge is 0.490 e. The van der Waals surface area contributed by atoms with E-state index in [0.717, 1.165) is 50.6 Å². The molecule has 4 heterocycles. The van der Waals surface area contributed by atoms with Crippen molar-refractivity contribution < 1.29 is 37.0 Å². The number of carbonyl (C=O) groups is 3. The second-order valence-electron chi connectivity index (χ2n) is 17.3. The highest BCUT2D eigenvalue weighted by Gasteiger charge is 2.48. The van der Waals surface area contributed by atoms with Gasteiger partial charge in [-0.3, -0.25) is 19.3 Å². The fourth-order valence-corrected chi connectivity index (χ4v) is 11.9. The maximum atomic E-state index is 13.7. The lowest BCUT2D eigenvalue weighted by molar-refractivity contribution is -0.237. The zero-order chi connectivity index (χ0) is 39.6. The maximum Gasteiger partial charge on any atom is 0.264 e. The minimum absolute atomic E-state index is 0.0131. The third kappa shape index (κ3) is 6.94. The number of nitrogens with one attached hydrogen (secondary N) is 1. The number of rotatable bonds is 2. The van der Waals surface area contributed by atoms with Gasteiger partial charge in [-0.05, 0) is 123 Å². The summed E-state index contributed by atoms with van der Waals surface area (Å²) < 4.78 is 49.3. The van der Waals surface area contributed by atoms with E-state index in [-0.39, 0.29) is 59.7 Å². The van der Waals surface area contributed by atoms with Gasteiger partial charge in [-0.15, -0.1) is 0 Å². The predicted molar refractivity (Wildman–Crippen MR) is 215 cm³/mol. The molecule has 1 saturated carbocycles. The molecule has 2 aliphatic carbocycles. The Bertz CT molecular complexity index is 2170. The molecule has 6 aliphatic rings. The number of anilines is 1. The Kier molecular flexibility index (Phi) is 10.1. The van der Waals surface area contributed by atoms with Crippen LogP contribution in [-0.4, -0.2) is 81.5 Å². The summed E-state index contributed by atoms with van der Waals surface area (Å²) >= 11 is 6.49.